The third kappa shape index (κ3) is 5.08. The third-order valence-corrected chi connectivity index (χ3v) is 7.47. The molecule has 2 heteroatoms. The van der Waals surface area contributed by atoms with Crippen LogP contribution in [-0.4, -0.2) is 0 Å². The summed E-state index contributed by atoms with van der Waals surface area (Å²) in [6.45, 7) is 8.22. The fourth-order valence-electron chi connectivity index (χ4n) is 5.54. The Labute approximate surface area is 246 Å². The lowest BCUT2D eigenvalue weighted by atomic mass is 10.0. The lowest BCUT2D eigenvalue weighted by molar-refractivity contribution is 0.669. The highest BCUT2D eigenvalue weighted by molar-refractivity contribution is 6.10. The Hall–Kier alpha value is -5.08. The van der Waals surface area contributed by atoms with Crippen LogP contribution < -0.4 is 0 Å². The highest BCUT2D eigenvalue weighted by Gasteiger charge is 2.12. The minimum atomic E-state index is 0.947. The Morgan fingerprint density at radius 1 is 0.381 bits per heavy atom. The molecule has 2 nitrogen and oxygen atoms in total. The molecular formula is C40H34O2. The van der Waals surface area contributed by atoms with Gasteiger partial charge in [-0.25, -0.2) is 0 Å². The van der Waals surface area contributed by atoms with E-state index in [2.05, 4.69) is 129 Å². The number of aryl methyl sites for hydroxylation is 2. The molecule has 206 valence electrons. The van der Waals surface area contributed by atoms with Gasteiger partial charge in [0.05, 0.1) is 0 Å². The molecule has 2 aromatic heterocycles. The Morgan fingerprint density at radius 2 is 0.905 bits per heavy atom. The van der Waals surface area contributed by atoms with E-state index in [9.17, 15) is 0 Å². The van der Waals surface area contributed by atoms with Crippen LogP contribution in [0.1, 0.15) is 25.0 Å². The second-order valence-corrected chi connectivity index (χ2v) is 10.3. The fraction of sp³-hybridized carbons (Fsp3) is 0.100. The average Bonchev–Trinajstić information content (AvgIpc) is 3.61. The van der Waals surface area contributed by atoms with Gasteiger partial charge in [-0.2, -0.15) is 0 Å². The molecule has 0 N–H and O–H groups in total. The number of rotatable bonds is 2. The van der Waals surface area contributed by atoms with Crippen molar-refractivity contribution in [3.8, 4) is 22.3 Å². The van der Waals surface area contributed by atoms with Gasteiger partial charge in [0.15, 0.2) is 0 Å². The summed E-state index contributed by atoms with van der Waals surface area (Å²) in [6.07, 6.45) is 0. The molecule has 8 rings (SSSR count). The quantitative estimate of drug-likeness (QED) is 0.215. The molecule has 0 saturated heterocycles. The zero-order chi connectivity index (χ0) is 29.1. The molecule has 42 heavy (non-hydrogen) atoms. The van der Waals surface area contributed by atoms with Gasteiger partial charge in [-0.15, -0.1) is 0 Å². The van der Waals surface area contributed by atoms with E-state index < -0.39 is 0 Å². The van der Waals surface area contributed by atoms with E-state index in [1.807, 2.05) is 32.0 Å². The molecule has 2 heterocycles. The second-order valence-electron chi connectivity index (χ2n) is 10.3. The molecular weight excluding hydrogens is 512 g/mol. The van der Waals surface area contributed by atoms with Crippen molar-refractivity contribution in [2.45, 2.75) is 27.7 Å². The van der Waals surface area contributed by atoms with Gasteiger partial charge in [0, 0.05) is 32.7 Å². The highest BCUT2D eigenvalue weighted by Crippen LogP contribution is 2.37. The molecule has 0 aliphatic carbocycles. The Bertz CT molecular complexity index is 2130. The van der Waals surface area contributed by atoms with E-state index in [4.69, 9.17) is 8.83 Å². The molecule has 0 bridgehead atoms. The van der Waals surface area contributed by atoms with Gasteiger partial charge < -0.3 is 8.83 Å². The number of para-hydroxylation sites is 3. The molecule has 0 aliphatic heterocycles. The van der Waals surface area contributed by atoms with Crippen LogP contribution in [0.2, 0.25) is 0 Å². The van der Waals surface area contributed by atoms with Crippen LogP contribution in [0.15, 0.2) is 142 Å². The van der Waals surface area contributed by atoms with Crippen molar-refractivity contribution in [1.82, 2.24) is 0 Å². The predicted molar refractivity (Wildman–Crippen MR) is 179 cm³/mol. The van der Waals surface area contributed by atoms with Gasteiger partial charge >= 0.3 is 0 Å². The van der Waals surface area contributed by atoms with E-state index in [1.54, 1.807) is 0 Å². The van der Waals surface area contributed by atoms with Crippen LogP contribution in [0.3, 0.4) is 0 Å². The van der Waals surface area contributed by atoms with E-state index in [1.165, 1.54) is 43.8 Å². The summed E-state index contributed by atoms with van der Waals surface area (Å²) < 4.78 is 12.2. The van der Waals surface area contributed by atoms with Crippen molar-refractivity contribution in [2.24, 2.45) is 0 Å². The van der Waals surface area contributed by atoms with Crippen LogP contribution in [0.5, 0.6) is 0 Å². The summed E-state index contributed by atoms with van der Waals surface area (Å²) in [4.78, 5) is 0. The summed E-state index contributed by atoms with van der Waals surface area (Å²) in [5.41, 5.74) is 11.1. The first-order valence-electron chi connectivity index (χ1n) is 14.6. The van der Waals surface area contributed by atoms with Crippen LogP contribution in [0, 0.1) is 13.8 Å². The van der Waals surface area contributed by atoms with Crippen molar-refractivity contribution in [3.63, 3.8) is 0 Å². The lowest BCUT2D eigenvalue weighted by Gasteiger charge is -2.03. The topological polar surface area (TPSA) is 26.3 Å². The summed E-state index contributed by atoms with van der Waals surface area (Å²) >= 11 is 0. The van der Waals surface area contributed by atoms with Crippen LogP contribution in [-0.2, 0) is 0 Å². The lowest BCUT2D eigenvalue weighted by Crippen LogP contribution is -1.80. The van der Waals surface area contributed by atoms with E-state index in [0.717, 1.165) is 33.5 Å². The first kappa shape index (κ1) is 27.1. The Kier molecular flexibility index (Phi) is 7.62. The maximum atomic E-state index is 6.09. The van der Waals surface area contributed by atoms with E-state index in [0.29, 0.717) is 0 Å². The fourth-order valence-corrected chi connectivity index (χ4v) is 5.54. The maximum Gasteiger partial charge on any atom is 0.143 e. The zero-order valence-corrected chi connectivity index (χ0v) is 24.5. The summed E-state index contributed by atoms with van der Waals surface area (Å²) in [5.74, 6) is 0. The number of furan rings is 2. The number of hydrogen-bond acceptors (Lipinski definition) is 2. The molecule has 0 atom stereocenters. The number of hydrogen-bond donors (Lipinski definition) is 0. The van der Waals surface area contributed by atoms with Crippen molar-refractivity contribution >= 4 is 43.9 Å². The first-order chi connectivity index (χ1) is 20.7. The Balaban J connectivity index is 0.000000142. The molecule has 6 aromatic carbocycles. The molecule has 0 saturated carbocycles. The van der Waals surface area contributed by atoms with Crippen LogP contribution >= 0.6 is 0 Å². The first-order valence-corrected chi connectivity index (χ1v) is 14.6. The van der Waals surface area contributed by atoms with Crippen molar-refractivity contribution in [2.75, 3.05) is 0 Å². The molecule has 0 amide bonds. The van der Waals surface area contributed by atoms with Crippen molar-refractivity contribution < 1.29 is 8.83 Å². The SMILES string of the molecule is CC.Cc1ccc2oc3c(-c4ccccc4)cccc3c2c1.Cc1cccc(-c2cccc3c2oc2ccccc23)c1. The summed E-state index contributed by atoms with van der Waals surface area (Å²) in [6, 6.07) is 46.1. The molecule has 0 spiro atoms. The normalized spacial score (nSPS) is 10.9. The molecule has 8 aromatic rings. The van der Waals surface area contributed by atoms with Crippen LogP contribution in [0.4, 0.5) is 0 Å². The average molecular weight is 547 g/mol. The third-order valence-electron chi connectivity index (χ3n) is 7.47. The summed E-state index contributed by atoms with van der Waals surface area (Å²) in [7, 11) is 0. The minimum Gasteiger partial charge on any atom is -0.455 e. The van der Waals surface area contributed by atoms with E-state index >= 15 is 0 Å². The second kappa shape index (κ2) is 11.8. The van der Waals surface area contributed by atoms with Crippen LogP contribution in [0.25, 0.3) is 66.1 Å². The molecule has 0 fully saturated rings. The number of benzene rings is 6. The molecule has 0 unspecified atom stereocenters. The van der Waals surface area contributed by atoms with E-state index in [-0.39, 0.29) is 0 Å². The van der Waals surface area contributed by atoms with Crippen molar-refractivity contribution in [1.29, 1.82) is 0 Å². The van der Waals surface area contributed by atoms with Gasteiger partial charge in [-0.3, -0.25) is 0 Å². The molecule has 0 radical (unpaired) electrons. The van der Waals surface area contributed by atoms with Gasteiger partial charge in [-0.1, -0.05) is 140 Å². The maximum absolute atomic E-state index is 6.09. The molecule has 0 aliphatic rings. The summed E-state index contributed by atoms with van der Waals surface area (Å²) in [5, 5.41) is 4.74. The van der Waals surface area contributed by atoms with Gasteiger partial charge in [-0.05, 0) is 43.2 Å². The predicted octanol–water partition coefficient (Wildman–Crippen LogP) is 12.1. The monoisotopic (exact) mass is 546 g/mol. The minimum absolute atomic E-state index is 0.947. The Morgan fingerprint density at radius 3 is 1.62 bits per heavy atom. The van der Waals surface area contributed by atoms with Gasteiger partial charge in [0.25, 0.3) is 0 Å². The standard InChI is InChI=1S/2C19H14O.C2H6/c1-13-6-4-7-14(12-13)15-9-5-10-17-16-8-2-3-11-18(16)20-19(15)17;1-13-10-11-18-17(12-13)16-9-5-8-15(19(16)20-18)14-6-3-2-4-7-14;1-2/h2*2-12H,1H3;1-2H3. The van der Waals surface area contributed by atoms with Gasteiger partial charge in [0.2, 0.25) is 0 Å². The smallest absolute Gasteiger partial charge is 0.143 e. The van der Waals surface area contributed by atoms with Crippen molar-refractivity contribution in [3.05, 3.63) is 145 Å². The highest BCUT2D eigenvalue weighted by atomic mass is 16.3. The zero-order valence-electron chi connectivity index (χ0n) is 24.5. The number of fused-ring (bicyclic) bond motifs is 6. The van der Waals surface area contributed by atoms with Gasteiger partial charge in [0.1, 0.15) is 22.3 Å². The largest absolute Gasteiger partial charge is 0.455 e.